The van der Waals surface area contributed by atoms with Crippen molar-refractivity contribution in [1.29, 1.82) is 0 Å². The largest absolute Gasteiger partial charge is 0.380 e. The number of thiophene rings is 1. The van der Waals surface area contributed by atoms with Crippen LogP contribution in [0.3, 0.4) is 0 Å². The van der Waals surface area contributed by atoms with Gasteiger partial charge in [0.25, 0.3) is 5.91 Å². The second-order valence-corrected chi connectivity index (χ2v) is 4.15. The van der Waals surface area contributed by atoms with E-state index in [1.54, 1.807) is 0 Å². The smallest absolute Gasteiger partial charge is 0.261 e. The fraction of sp³-hybridized carbons (Fsp3) is 0.545. The van der Waals surface area contributed by atoms with Crippen molar-refractivity contribution in [2.45, 2.75) is 19.8 Å². The standard InChI is InChI=1S/C11H17NO2S/c1-2-3-7-14-8-6-12-11(13)10-5-4-9-15-10/h4-5,9H,2-3,6-8H2,1H3,(H,12,13). The highest BCUT2D eigenvalue weighted by molar-refractivity contribution is 7.12. The third-order valence-corrected chi connectivity index (χ3v) is 2.79. The summed E-state index contributed by atoms with van der Waals surface area (Å²) in [6, 6.07) is 3.69. The Morgan fingerprint density at radius 3 is 3.07 bits per heavy atom. The predicted molar refractivity (Wildman–Crippen MR) is 62.4 cm³/mol. The van der Waals surface area contributed by atoms with Gasteiger partial charge in [0.15, 0.2) is 0 Å². The van der Waals surface area contributed by atoms with E-state index < -0.39 is 0 Å². The summed E-state index contributed by atoms with van der Waals surface area (Å²) in [7, 11) is 0. The molecule has 84 valence electrons. The van der Waals surface area contributed by atoms with Gasteiger partial charge in [0.05, 0.1) is 11.5 Å². The molecule has 1 rings (SSSR count). The lowest BCUT2D eigenvalue weighted by Gasteiger charge is -2.04. The average Bonchev–Trinajstić information content (AvgIpc) is 2.76. The SMILES string of the molecule is CCCCOCCNC(=O)c1cccs1. The summed E-state index contributed by atoms with van der Waals surface area (Å²) in [6.45, 7) is 4.09. The Morgan fingerprint density at radius 1 is 1.53 bits per heavy atom. The number of hydrogen-bond acceptors (Lipinski definition) is 3. The first-order chi connectivity index (χ1) is 7.34. The van der Waals surface area contributed by atoms with E-state index in [0.29, 0.717) is 13.2 Å². The normalized spacial score (nSPS) is 10.2. The predicted octanol–water partition coefficient (Wildman–Crippen LogP) is 2.29. The van der Waals surface area contributed by atoms with E-state index in [-0.39, 0.29) is 5.91 Å². The van der Waals surface area contributed by atoms with Crippen LogP contribution in [0.5, 0.6) is 0 Å². The van der Waals surface area contributed by atoms with Crippen molar-refractivity contribution in [2.75, 3.05) is 19.8 Å². The molecule has 1 aromatic heterocycles. The molecule has 0 aliphatic heterocycles. The van der Waals surface area contributed by atoms with Gasteiger partial charge in [-0.05, 0) is 17.9 Å². The molecule has 0 aliphatic rings. The molecular formula is C11H17NO2S. The van der Waals surface area contributed by atoms with Crippen LogP contribution < -0.4 is 5.32 Å². The second kappa shape index (κ2) is 7.43. The quantitative estimate of drug-likeness (QED) is 0.726. The lowest BCUT2D eigenvalue weighted by atomic mass is 10.4. The van der Waals surface area contributed by atoms with Gasteiger partial charge in [0.2, 0.25) is 0 Å². The second-order valence-electron chi connectivity index (χ2n) is 3.20. The summed E-state index contributed by atoms with van der Waals surface area (Å²) in [6.07, 6.45) is 2.22. The molecule has 1 aromatic rings. The van der Waals surface area contributed by atoms with Crippen molar-refractivity contribution in [3.63, 3.8) is 0 Å². The number of unbranched alkanes of at least 4 members (excludes halogenated alkanes) is 1. The van der Waals surface area contributed by atoms with E-state index >= 15 is 0 Å². The van der Waals surface area contributed by atoms with Crippen LogP contribution in [0.1, 0.15) is 29.4 Å². The molecule has 15 heavy (non-hydrogen) atoms. The molecule has 4 heteroatoms. The number of carbonyl (C=O) groups is 1. The maximum Gasteiger partial charge on any atom is 0.261 e. The summed E-state index contributed by atoms with van der Waals surface area (Å²) in [4.78, 5) is 12.2. The van der Waals surface area contributed by atoms with Crippen molar-refractivity contribution >= 4 is 17.2 Å². The molecule has 0 bridgehead atoms. The van der Waals surface area contributed by atoms with Crippen LogP contribution in [0.2, 0.25) is 0 Å². The van der Waals surface area contributed by atoms with E-state index in [1.807, 2.05) is 17.5 Å². The van der Waals surface area contributed by atoms with Crippen molar-refractivity contribution in [2.24, 2.45) is 0 Å². The van der Waals surface area contributed by atoms with Crippen molar-refractivity contribution in [1.82, 2.24) is 5.32 Å². The zero-order chi connectivity index (χ0) is 10.9. The number of rotatable bonds is 7. The molecule has 0 fully saturated rings. The maximum absolute atomic E-state index is 11.4. The van der Waals surface area contributed by atoms with Crippen molar-refractivity contribution < 1.29 is 9.53 Å². The van der Waals surface area contributed by atoms with Gasteiger partial charge in [0, 0.05) is 13.2 Å². The minimum atomic E-state index is -0.0101. The van der Waals surface area contributed by atoms with Crippen molar-refractivity contribution in [3.05, 3.63) is 22.4 Å². The number of ether oxygens (including phenoxy) is 1. The number of hydrogen-bond donors (Lipinski definition) is 1. The van der Waals surface area contributed by atoms with Crippen LogP contribution in [-0.2, 0) is 4.74 Å². The Kier molecular flexibility index (Phi) is 6.04. The van der Waals surface area contributed by atoms with Crippen LogP contribution in [0, 0.1) is 0 Å². The third-order valence-electron chi connectivity index (χ3n) is 1.92. The first-order valence-corrected chi connectivity index (χ1v) is 6.12. The molecule has 0 saturated heterocycles. The van der Waals surface area contributed by atoms with Gasteiger partial charge in [-0.1, -0.05) is 19.4 Å². The topological polar surface area (TPSA) is 38.3 Å². The fourth-order valence-corrected chi connectivity index (χ4v) is 1.72. The third kappa shape index (κ3) is 4.95. The highest BCUT2D eigenvalue weighted by atomic mass is 32.1. The van der Waals surface area contributed by atoms with Crippen LogP contribution in [0.15, 0.2) is 17.5 Å². The molecule has 0 radical (unpaired) electrons. The van der Waals surface area contributed by atoms with Crippen LogP contribution in [-0.4, -0.2) is 25.7 Å². The molecule has 0 aromatic carbocycles. The van der Waals surface area contributed by atoms with E-state index in [9.17, 15) is 4.79 Å². The highest BCUT2D eigenvalue weighted by Gasteiger charge is 2.04. The zero-order valence-corrected chi connectivity index (χ0v) is 9.81. The van der Waals surface area contributed by atoms with Gasteiger partial charge in [-0.2, -0.15) is 0 Å². The molecule has 1 N–H and O–H groups in total. The first kappa shape index (κ1) is 12.2. The zero-order valence-electron chi connectivity index (χ0n) is 8.99. The lowest BCUT2D eigenvalue weighted by molar-refractivity contribution is 0.0916. The van der Waals surface area contributed by atoms with Crippen molar-refractivity contribution in [3.8, 4) is 0 Å². The number of carbonyl (C=O) groups excluding carboxylic acids is 1. The van der Waals surface area contributed by atoms with Gasteiger partial charge >= 0.3 is 0 Å². The van der Waals surface area contributed by atoms with Gasteiger partial charge in [-0.15, -0.1) is 11.3 Å². The van der Waals surface area contributed by atoms with Gasteiger partial charge in [0.1, 0.15) is 0 Å². The summed E-state index contributed by atoms with van der Waals surface area (Å²) in [5.74, 6) is -0.0101. The minimum Gasteiger partial charge on any atom is -0.380 e. The average molecular weight is 227 g/mol. The fourth-order valence-electron chi connectivity index (χ4n) is 1.08. The Labute approximate surface area is 94.5 Å². The van der Waals surface area contributed by atoms with E-state index in [4.69, 9.17) is 4.74 Å². The lowest BCUT2D eigenvalue weighted by Crippen LogP contribution is -2.26. The molecule has 1 amide bonds. The summed E-state index contributed by atoms with van der Waals surface area (Å²) < 4.78 is 5.33. The van der Waals surface area contributed by atoms with E-state index in [2.05, 4.69) is 12.2 Å². The van der Waals surface area contributed by atoms with Crippen LogP contribution in [0.25, 0.3) is 0 Å². The Morgan fingerprint density at radius 2 is 2.40 bits per heavy atom. The van der Waals surface area contributed by atoms with E-state index in [0.717, 1.165) is 24.3 Å². The molecule has 0 atom stereocenters. The molecule has 3 nitrogen and oxygen atoms in total. The number of amides is 1. The van der Waals surface area contributed by atoms with Crippen LogP contribution in [0.4, 0.5) is 0 Å². The Hall–Kier alpha value is -0.870. The highest BCUT2D eigenvalue weighted by Crippen LogP contribution is 2.07. The maximum atomic E-state index is 11.4. The van der Waals surface area contributed by atoms with E-state index in [1.165, 1.54) is 11.3 Å². The molecule has 0 aliphatic carbocycles. The monoisotopic (exact) mass is 227 g/mol. The molecule has 0 saturated carbocycles. The molecule has 0 unspecified atom stereocenters. The molecule has 1 heterocycles. The minimum absolute atomic E-state index is 0.0101. The molecular weight excluding hydrogens is 210 g/mol. The summed E-state index contributed by atoms with van der Waals surface area (Å²) >= 11 is 1.45. The first-order valence-electron chi connectivity index (χ1n) is 5.24. The van der Waals surface area contributed by atoms with Gasteiger partial charge < -0.3 is 10.1 Å². The van der Waals surface area contributed by atoms with Gasteiger partial charge in [-0.25, -0.2) is 0 Å². The summed E-state index contributed by atoms with van der Waals surface area (Å²) in [5, 5.41) is 4.70. The van der Waals surface area contributed by atoms with Gasteiger partial charge in [-0.3, -0.25) is 4.79 Å². The molecule has 0 spiro atoms. The summed E-state index contributed by atoms with van der Waals surface area (Å²) in [5.41, 5.74) is 0. The van der Waals surface area contributed by atoms with Crippen LogP contribution >= 0.6 is 11.3 Å². The number of nitrogens with one attached hydrogen (secondary N) is 1. The Balaban J connectivity index is 2.03. The Bertz CT molecular complexity index is 272.